The molecule has 4 N–H and O–H groups in total. The molecule has 1 aliphatic rings. The van der Waals surface area contributed by atoms with E-state index in [4.69, 9.17) is 34.0 Å². The first-order valence-corrected chi connectivity index (χ1v) is 9.29. The maximum absolute atomic E-state index is 12.9. The van der Waals surface area contributed by atoms with Gasteiger partial charge in [-0.3, -0.25) is 10.2 Å². The number of anilines is 1. The van der Waals surface area contributed by atoms with Crippen LogP contribution in [0.15, 0.2) is 27.7 Å². The Hall–Kier alpha value is -2.59. The molecule has 1 amide bonds. The largest absolute Gasteiger partial charge is 0.455 e. The Kier molecular flexibility index (Phi) is 5.85. The summed E-state index contributed by atoms with van der Waals surface area (Å²) in [5, 5.41) is 6.53. The number of thiocarbonyl (C=S) groups is 1. The van der Waals surface area contributed by atoms with Crippen LogP contribution in [0, 0.1) is 6.92 Å². The quantitative estimate of drug-likeness (QED) is 0.482. The molecule has 0 atom stereocenters. The summed E-state index contributed by atoms with van der Waals surface area (Å²) in [6.07, 6.45) is -2.59. The number of carbonyl (C=O) groups is 1. The molecule has 1 heterocycles. The van der Waals surface area contributed by atoms with Gasteiger partial charge in [-0.15, -0.1) is 0 Å². The molecule has 0 unspecified atom stereocenters. The van der Waals surface area contributed by atoms with E-state index >= 15 is 0 Å². The number of rotatable bonds is 3. The van der Waals surface area contributed by atoms with Gasteiger partial charge in [-0.25, -0.2) is 0 Å². The van der Waals surface area contributed by atoms with Crippen molar-refractivity contribution >= 4 is 46.2 Å². The van der Waals surface area contributed by atoms with Crippen LogP contribution >= 0.6 is 23.8 Å². The molecule has 0 saturated carbocycles. The van der Waals surface area contributed by atoms with Crippen molar-refractivity contribution in [1.29, 1.82) is 0 Å². The van der Waals surface area contributed by atoms with Crippen molar-refractivity contribution in [3.05, 3.63) is 51.4 Å². The Labute approximate surface area is 174 Å². The second-order valence-electron chi connectivity index (χ2n) is 6.39. The number of nitrogens with one attached hydrogen (secondary N) is 2. The smallest absolute Gasteiger partial charge is 0.416 e. The first kappa shape index (κ1) is 21.1. The lowest BCUT2D eigenvalue weighted by molar-refractivity contribution is -0.137. The fraction of sp³-hybridized carbons (Fsp3) is 0.278. The van der Waals surface area contributed by atoms with Crippen LogP contribution in [0.1, 0.15) is 45.8 Å². The summed E-state index contributed by atoms with van der Waals surface area (Å²) in [4.78, 5) is 12.7. The van der Waals surface area contributed by atoms with Crippen molar-refractivity contribution in [2.45, 2.75) is 32.4 Å². The molecule has 6 nitrogen and oxygen atoms in total. The zero-order valence-electron chi connectivity index (χ0n) is 15.1. The van der Waals surface area contributed by atoms with E-state index in [1.54, 1.807) is 6.92 Å². The lowest BCUT2D eigenvalue weighted by Gasteiger charge is -2.13. The van der Waals surface area contributed by atoms with Crippen molar-refractivity contribution in [2.24, 2.45) is 10.8 Å². The summed E-state index contributed by atoms with van der Waals surface area (Å²) < 4.78 is 44.5. The van der Waals surface area contributed by atoms with Crippen molar-refractivity contribution < 1.29 is 22.4 Å². The first-order valence-electron chi connectivity index (χ1n) is 8.50. The minimum Gasteiger partial charge on any atom is -0.455 e. The number of benzene rings is 1. The van der Waals surface area contributed by atoms with Gasteiger partial charge in [-0.2, -0.15) is 18.3 Å². The average Bonchev–Trinajstić information content (AvgIpc) is 2.98. The maximum Gasteiger partial charge on any atom is 0.416 e. The molecule has 29 heavy (non-hydrogen) atoms. The van der Waals surface area contributed by atoms with Gasteiger partial charge in [0.05, 0.1) is 22.0 Å². The van der Waals surface area contributed by atoms with Gasteiger partial charge < -0.3 is 15.5 Å². The Morgan fingerprint density at radius 3 is 2.72 bits per heavy atom. The molecule has 0 spiro atoms. The van der Waals surface area contributed by atoms with E-state index in [1.807, 2.05) is 0 Å². The van der Waals surface area contributed by atoms with Crippen LogP contribution in [0.25, 0.3) is 0 Å². The molecule has 0 saturated heterocycles. The van der Waals surface area contributed by atoms with Gasteiger partial charge in [0.25, 0.3) is 5.91 Å². The SMILES string of the molecule is Cc1c(C(=O)Nc2cc(C(F)(F)F)ccc2Cl)oc2c1/C(=N/NC(N)=S)CCC2. The van der Waals surface area contributed by atoms with Gasteiger partial charge in [-0.05, 0) is 50.2 Å². The van der Waals surface area contributed by atoms with Crippen molar-refractivity contribution in [1.82, 2.24) is 5.43 Å². The summed E-state index contributed by atoms with van der Waals surface area (Å²) in [7, 11) is 0. The second kappa shape index (κ2) is 8.03. The molecule has 2 aromatic rings. The third-order valence-electron chi connectivity index (χ3n) is 4.37. The predicted molar refractivity (Wildman–Crippen MR) is 107 cm³/mol. The minimum atomic E-state index is -4.56. The molecule has 0 aliphatic heterocycles. The first-order chi connectivity index (χ1) is 13.6. The lowest BCUT2D eigenvalue weighted by Crippen LogP contribution is -2.26. The van der Waals surface area contributed by atoms with Crippen LogP contribution in [0.5, 0.6) is 0 Å². The van der Waals surface area contributed by atoms with Crippen molar-refractivity contribution in [3.63, 3.8) is 0 Å². The normalized spacial score (nSPS) is 15.1. The van der Waals surface area contributed by atoms with Crippen LogP contribution in [-0.4, -0.2) is 16.7 Å². The van der Waals surface area contributed by atoms with E-state index in [2.05, 4.69) is 15.8 Å². The number of hydrazone groups is 1. The van der Waals surface area contributed by atoms with Crippen LogP contribution in [-0.2, 0) is 12.6 Å². The van der Waals surface area contributed by atoms with Gasteiger partial charge in [0.15, 0.2) is 10.9 Å². The van der Waals surface area contributed by atoms with Crippen LogP contribution in [0.2, 0.25) is 5.02 Å². The molecule has 1 aliphatic carbocycles. The summed E-state index contributed by atoms with van der Waals surface area (Å²) in [5.74, 6) is -0.161. The Balaban J connectivity index is 1.92. The monoisotopic (exact) mass is 444 g/mol. The van der Waals surface area contributed by atoms with Crippen LogP contribution in [0.4, 0.5) is 18.9 Å². The number of amides is 1. The minimum absolute atomic E-state index is 0.00271. The highest BCUT2D eigenvalue weighted by Gasteiger charge is 2.32. The second-order valence-corrected chi connectivity index (χ2v) is 7.24. The number of aryl methyl sites for hydroxylation is 1. The fourth-order valence-electron chi connectivity index (χ4n) is 3.10. The van der Waals surface area contributed by atoms with Crippen LogP contribution in [0.3, 0.4) is 0 Å². The number of nitrogens with zero attached hydrogens (tertiary/aromatic N) is 1. The summed E-state index contributed by atoms with van der Waals surface area (Å²) >= 11 is 10.7. The third kappa shape index (κ3) is 4.54. The van der Waals surface area contributed by atoms with Crippen molar-refractivity contribution in [3.8, 4) is 0 Å². The third-order valence-corrected chi connectivity index (χ3v) is 4.80. The van der Waals surface area contributed by atoms with Gasteiger partial charge in [0.2, 0.25) is 0 Å². The number of furan rings is 1. The summed E-state index contributed by atoms with van der Waals surface area (Å²) in [6.45, 7) is 1.67. The highest BCUT2D eigenvalue weighted by atomic mass is 35.5. The fourth-order valence-corrected chi connectivity index (χ4v) is 3.31. The molecule has 1 aromatic carbocycles. The van der Waals surface area contributed by atoms with E-state index < -0.39 is 17.6 Å². The standard InChI is InChI=1S/C18H16ClF3N4O2S/c1-8-14-11(25-26-17(23)29)3-2-4-13(14)28-15(8)16(27)24-12-7-9(18(20,21)22)5-6-10(12)19/h5-7H,2-4H2,1H3,(H,24,27)(H3,23,26,29)/b25-11+. The zero-order valence-corrected chi connectivity index (χ0v) is 16.7. The average molecular weight is 445 g/mol. The molecule has 0 fully saturated rings. The number of hydrogen-bond acceptors (Lipinski definition) is 4. The molecule has 154 valence electrons. The molecular weight excluding hydrogens is 429 g/mol. The number of halogens is 4. The highest BCUT2D eigenvalue weighted by Crippen LogP contribution is 2.35. The maximum atomic E-state index is 12.9. The van der Waals surface area contributed by atoms with E-state index in [-0.39, 0.29) is 21.6 Å². The number of hydrogen-bond donors (Lipinski definition) is 3. The Bertz CT molecular complexity index is 1020. The molecule has 0 bridgehead atoms. The number of carbonyl (C=O) groups excluding carboxylic acids is 1. The Morgan fingerprint density at radius 2 is 2.07 bits per heavy atom. The van der Waals surface area contributed by atoms with E-state index in [0.29, 0.717) is 35.4 Å². The Morgan fingerprint density at radius 1 is 1.34 bits per heavy atom. The molecule has 1 aromatic heterocycles. The van der Waals surface area contributed by atoms with Crippen LogP contribution < -0.4 is 16.5 Å². The summed E-state index contributed by atoms with van der Waals surface area (Å²) in [6, 6.07) is 2.69. The zero-order chi connectivity index (χ0) is 21.3. The van der Waals surface area contributed by atoms with E-state index in [0.717, 1.165) is 24.6 Å². The van der Waals surface area contributed by atoms with Gasteiger partial charge >= 0.3 is 6.18 Å². The van der Waals surface area contributed by atoms with E-state index in [1.165, 1.54) is 0 Å². The molecule has 3 rings (SSSR count). The van der Waals surface area contributed by atoms with Gasteiger partial charge in [0.1, 0.15) is 5.76 Å². The predicted octanol–water partition coefficient (Wildman–Crippen LogP) is 4.39. The summed E-state index contributed by atoms with van der Waals surface area (Å²) in [5.41, 5.74) is 8.65. The number of fused-ring (bicyclic) bond motifs is 1. The topological polar surface area (TPSA) is 92.6 Å². The highest BCUT2D eigenvalue weighted by molar-refractivity contribution is 7.80. The van der Waals surface area contributed by atoms with Crippen molar-refractivity contribution in [2.75, 3.05) is 5.32 Å². The molecular formula is C18H16ClF3N4O2S. The molecule has 11 heteroatoms. The lowest BCUT2D eigenvalue weighted by atomic mass is 9.93. The molecule has 0 radical (unpaired) electrons. The number of alkyl halides is 3. The van der Waals surface area contributed by atoms with Gasteiger partial charge in [0, 0.05) is 17.5 Å². The number of nitrogens with two attached hydrogens (primary N) is 1. The van der Waals surface area contributed by atoms with Gasteiger partial charge in [-0.1, -0.05) is 11.6 Å². The van der Waals surface area contributed by atoms with E-state index in [9.17, 15) is 18.0 Å².